The van der Waals surface area contributed by atoms with Crippen molar-refractivity contribution in [3.8, 4) is 11.3 Å². The fourth-order valence-electron chi connectivity index (χ4n) is 2.23. The van der Waals surface area contributed by atoms with Gasteiger partial charge in [-0.3, -0.25) is 14.6 Å². The summed E-state index contributed by atoms with van der Waals surface area (Å²) in [6, 6.07) is 10.2. The molecule has 0 spiro atoms. The van der Waals surface area contributed by atoms with E-state index < -0.39 is 9.84 Å². The molecule has 0 bridgehead atoms. The predicted octanol–water partition coefficient (Wildman–Crippen LogP) is 1.27. The molecule has 2 N–H and O–H groups in total. The van der Waals surface area contributed by atoms with E-state index in [0.29, 0.717) is 23.4 Å². The highest BCUT2D eigenvalue weighted by molar-refractivity contribution is 7.90. The summed E-state index contributed by atoms with van der Waals surface area (Å²) in [6.07, 6.45) is 2.61. The fourth-order valence-corrected chi connectivity index (χ4v) is 2.71. The van der Waals surface area contributed by atoms with Gasteiger partial charge in [0.05, 0.1) is 17.0 Å². The summed E-state index contributed by atoms with van der Waals surface area (Å²) >= 11 is 0. The van der Waals surface area contributed by atoms with E-state index in [4.69, 9.17) is 0 Å². The van der Waals surface area contributed by atoms with E-state index in [9.17, 15) is 18.0 Å². The first kappa shape index (κ1) is 19.6. The standard InChI is InChI=1S/C18H21N3O4S/c1-3-19-18(23)15-7-8-16(21-12-15)13-5-4-6-14(11-13)17(22)20-9-10-26(2,24)25/h4-8,11-12H,3,9-10H2,1-2H3,(H,19,23)(H,20,22). The van der Waals surface area contributed by atoms with Gasteiger partial charge in [0.2, 0.25) is 0 Å². The van der Waals surface area contributed by atoms with Crippen molar-refractivity contribution in [2.75, 3.05) is 25.1 Å². The van der Waals surface area contributed by atoms with Crippen molar-refractivity contribution < 1.29 is 18.0 Å². The van der Waals surface area contributed by atoms with Gasteiger partial charge in [-0.2, -0.15) is 0 Å². The first-order valence-electron chi connectivity index (χ1n) is 8.11. The molecule has 0 aliphatic heterocycles. The lowest BCUT2D eigenvalue weighted by Gasteiger charge is -2.07. The monoisotopic (exact) mass is 375 g/mol. The predicted molar refractivity (Wildman–Crippen MR) is 99.7 cm³/mol. The smallest absolute Gasteiger partial charge is 0.252 e. The highest BCUT2D eigenvalue weighted by Crippen LogP contribution is 2.18. The van der Waals surface area contributed by atoms with Gasteiger partial charge in [0.25, 0.3) is 11.8 Å². The van der Waals surface area contributed by atoms with E-state index in [-0.39, 0.29) is 24.1 Å². The first-order chi connectivity index (χ1) is 12.3. The molecule has 0 aliphatic carbocycles. The quantitative estimate of drug-likeness (QED) is 0.758. The van der Waals surface area contributed by atoms with Crippen LogP contribution in [-0.4, -0.2) is 50.3 Å². The third kappa shape index (κ3) is 5.66. The van der Waals surface area contributed by atoms with Gasteiger partial charge in [-0.05, 0) is 31.2 Å². The lowest BCUT2D eigenvalue weighted by molar-refractivity contribution is 0.0947. The number of hydrogen-bond donors (Lipinski definition) is 2. The second kappa shape index (κ2) is 8.57. The summed E-state index contributed by atoms with van der Waals surface area (Å²) < 4.78 is 22.2. The van der Waals surface area contributed by atoms with Gasteiger partial charge >= 0.3 is 0 Å². The maximum atomic E-state index is 12.2. The number of rotatable bonds is 7. The van der Waals surface area contributed by atoms with Gasteiger partial charge in [0.1, 0.15) is 9.84 Å². The van der Waals surface area contributed by atoms with Gasteiger partial charge < -0.3 is 10.6 Å². The van der Waals surface area contributed by atoms with Crippen LogP contribution in [0.1, 0.15) is 27.6 Å². The molecule has 138 valence electrons. The molecule has 0 radical (unpaired) electrons. The number of amides is 2. The van der Waals surface area contributed by atoms with E-state index in [1.165, 1.54) is 6.20 Å². The Morgan fingerprint density at radius 1 is 1.04 bits per heavy atom. The molecular weight excluding hydrogens is 354 g/mol. The summed E-state index contributed by atoms with van der Waals surface area (Å²) in [7, 11) is -3.13. The third-order valence-corrected chi connectivity index (χ3v) is 4.49. The average molecular weight is 375 g/mol. The number of aromatic nitrogens is 1. The molecule has 0 saturated heterocycles. The van der Waals surface area contributed by atoms with Gasteiger partial charge in [0, 0.05) is 36.7 Å². The number of nitrogens with one attached hydrogen (secondary N) is 2. The van der Waals surface area contributed by atoms with Crippen LogP contribution in [-0.2, 0) is 9.84 Å². The van der Waals surface area contributed by atoms with E-state index in [2.05, 4.69) is 15.6 Å². The Bertz CT molecular complexity index is 893. The van der Waals surface area contributed by atoms with E-state index in [1.807, 2.05) is 6.92 Å². The van der Waals surface area contributed by atoms with Crippen molar-refractivity contribution in [1.29, 1.82) is 0 Å². The molecule has 26 heavy (non-hydrogen) atoms. The number of sulfone groups is 1. The number of carbonyl (C=O) groups excluding carboxylic acids is 2. The van der Waals surface area contributed by atoms with Crippen LogP contribution in [0.4, 0.5) is 0 Å². The van der Waals surface area contributed by atoms with Gasteiger partial charge in [-0.15, -0.1) is 0 Å². The van der Waals surface area contributed by atoms with E-state index in [1.54, 1.807) is 36.4 Å². The van der Waals surface area contributed by atoms with Crippen LogP contribution in [0, 0.1) is 0 Å². The average Bonchev–Trinajstić information content (AvgIpc) is 2.61. The third-order valence-electron chi connectivity index (χ3n) is 3.54. The van der Waals surface area contributed by atoms with Crippen molar-refractivity contribution in [3.63, 3.8) is 0 Å². The Morgan fingerprint density at radius 2 is 1.77 bits per heavy atom. The highest BCUT2D eigenvalue weighted by Gasteiger charge is 2.10. The Morgan fingerprint density at radius 3 is 2.38 bits per heavy atom. The van der Waals surface area contributed by atoms with Crippen LogP contribution in [0.15, 0.2) is 42.6 Å². The largest absolute Gasteiger partial charge is 0.352 e. The molecule has 1 aromatic carbocycles. The fraction of sp³-hybridized carbons (Fsp3) is 0.278. The van der Waals surface area contributed by atoms with Crippen LogP contribution >= 0.6 is 0 Å². The lowest BCUT2D eigenvalue weighted by atomic mass is 10.1. The van der Waals surface area contributed by atoms with Crippen molar-refractivity contribution in [2.45, 2.75) is 6.92 Å². The normalized spacial score (nSPS) is 11.0. The molecule has 0 fully saturated rings. The molecule has 2 aromatic rings. The minimum absolute atomic E-state index is 0.0569. The maximum Gasteiger partial charge on any atom is 0.252 e. The molecule has 1 heterocycles. The Labute approximate surface area is 152 Å². The van der Waals surface area contributed by atoms with Crippen molar-refractivity contribution in [1.82, 2.24) is 15.6 Å². The molecule has 2 rings (SSSR count). The van der Waals surface area contributed by atoms with Gasteiger partial charge in [-0.1, -0.05) is 12.1 Å². The van der Waals surface area contributed by atoms with Crippen LogP contribution in [0.2, 0.25) is 0 Å². The SMILES string of the molecule is CCNC(=O)c1ccc(-c2cccc(C(=O)NCCS(C)(=O)=O)c2)nc1. The topological polar surface area (TPSA) is 105 Å². The summed E-state index contributed by atoms with van der Waals surface area (Å²) in [5, 5.41) is 5.28. The Hall–Kier alpha value is -2.74. The van der Waals surface area contributed by atoms with Crippen molar-refractivity contribution in [3.05, 3.63) is 53.7 Å². The van der Waals surface area contributed by atoms with Crippen molar-refractivity contribution >= 4 is 21.7 Å². The van der Waals surface area contributed by atoms with Crippen molar-refractivity contribution in [2.24, 2.45) is 0 Å². The number of carbonyl (C=O) groups is 2. The number of benzene rings is 1. The summed E-state index contributed by atoms with van der Waals surface area (Å²) in [5.41, 5.74) is 2.22. The number of hydrogen-bond acceptors (Lipinski definition) is 5. The van der Waals surface area contributed by atoms with Crippen LogP contribution in [0.5, 0.6) is 0 Å². The summed E-state index contributed by atoms with van der Waals surface area (Å²) in [4.78, 5) is 28.2. The Kier molecular flexibility index (Phi) is 6.46. The Balaban J connectivity index is 2.11. The minimum Gasteiger partial charge on any atom is -0.352 e. The molecule has 0 aliphatic rings. The van der Waals surface area contributed by atoms with Crippen LogP contribution in [0.3, 0.4) is 0 Å². The van der Waals surface area contributed by atoms with Gasteiger partial charge in [-0.25, -0.2) is 8.42 Å². The zero-order valence-electron chi connectivity index (χ0n) is 14.7. The zero-order valence-corrected chi connectivity index (χ0v) is 15.5. The molecule has 0 unspecified atom stereocenters. The van der Waals surface area contributed by atoms with Crippen LogP contribution in [0.25, 0.3) is 11.3 Å². The second-order valence-corrected chi connectivity index (χ2v) is 8.02. The number of nitrogens with zero attached hydrogens (tertiary/aromatic N) is 1. The molecule has 0 saturated carbocycles. The van der Waals surface area contributed by atoms with Gasteiger partial charge in [0.15, 0.2) is 0 Å². The molecule has 2 amide bonds. The van der Waals surface area contributed by atoms with E-state index >= 15 is 0 Å². The summed E-state index contributed by atoms with van der Waals surface area (Å²) in [5.74, 6) is -0.652. The zero-order chi connectivity index (χ0) is 19.2. The van der Waals surface area contributed by atoms with E-state index in [0.717, 1.165) is 11.8 Å². The molecule has 1 aromatic heterocycles. The van der Waals surface area contributed by atoms with Crippen LogP contribution < -0.4 is 10.6 Å². The maximum absolute atomic E-state index is 12.2. The first-order valence-corrected chi connectivity index (χ1v) is 10.2. The lowest BCUT2D eigenvalue weighted by Crippen LogP contribution is -2.28. The molecule has 0 atom stereocenters. The molecular formula is C18H21N3O4S. The molecule has 8 heteroatoms. The number of pyridine rings is 1. The highest BCUT2D eigenvalue weighted by atomic mass is 32.2. The minimum atomic E-state index is -3.13. The molecule has 7 nitrogen and oxygen atoms in total. The summed E-state index contributed by atoms with van der Waals surface area (Å²) in [6.45, 7) is 2.44. The second-order valence-electron chi connectivity index (χ2n) is 5.76.